The fourth-order valence-corrected chi connectivity index (χ4v) is 2.95. The largest absolute Gasteiger partial charge is 0.459 e. The second kappa shape index (κ2) is 9.33. The molecule has 1 unspecified atom stereocenters. The molecule has 0 heterocycles. The first-order valence-electron chi connectivity index (χ1n) is 8.88. The summed E-state index contributed by atoms with van der Waals surface area (Å²) >= 11 is 5.71. The van der Waals surface area contributed by atoms with Gasteiger partial charge in [0.15, 0.2) is 34.9 Å². The third kappa shape index (κ3) is 4.58. The molecule has 11 heteroatoms. The summed E-state index contributed by atoms with van der Waals surface area (Å²) in [5.74, 6) is -13.1. The smallest absolute Gasteiger partial charge is 0.329 e. The van der Waals surface area contributed by atoms with Crippen molar-refractivity contribution in [3.8, 4) is 0 Å². The highest BCUT2D eigenvalue weighted by molar-refractivity contribution is 6.33. The number of hydrogen-bond acceptors (Lipinski definition) is 3. The molecule has 0 spiro atoms. The van der Waals surface area contributed by atoms with Crippen molar-refractivity contribution in [3.63, 3.8) is 0 Å². The van der Waals surface area contributed by atoms with Gasteiger partial charge in [0.1, 0.15) is 23.5 Å². The monoisotopic (exact) mass is 471 g/mol. The zero-order chi connectivity index (χ0) is 23.8. The van der Waals surface area contributed by atoms with E-state index < -0.39 is 92.7 Å². The summed E-state index contributed by atoms with van der Waals surface area (Å²) in [6, 6.07) is -1.49. The minimum absolute atomic E-state index is 0.675. The molecule has 0 radical (unpaired) electrons. The molecule has 0 saturated carbocycles. The molecule has 2 aromatic rings. The second-order valence-corrected chi connectivity index (χ2v) is 7.47. The van der Waals surface area contributed by atoms with Crippen LogP contribution >= 0.6 is 11.6 Å². The Hall–Kier alpha value is -2.49. The Morgan fingerprint density at radius 2 is 1.29 bits per heavy atom. The highest BCUT2D eigenvalue weighted by atomic mass is 35.5. The number of rotatable bonds is 6. The molecular formula is C20H17ClF7NO2. The van der Waals surface area contributed by atoms with Gasteiger partial charge in [0.2, 0.25) is 0 Å². The van der Waals surface area contributed by atoms with Gasteiger partial charge in [0.25, 0.3) is 0 Å². The summed E-state index contributed by atoms with van der Waals surface area (Å²) in [5.41, 5.74) is -3.60. The molecule has 0 aromatic heterocycles. The Balaban J connectivity index is 2.33. The Bertz CT molecular complexity index is 985. The Labute approximate surface area is 178 Å². The van der Waals surface area contributed by atoms with Crippen molar-refractivity contribution in [2.24, 2.45) is 5.92 Å². The number of esters is 1. The van der Waals surface area contributed by atoms with E-state index in [0.29, 0.717) is 0 Å². The fourth-order valence-electron chi connectivity index (χ4n) is 2.67. The summed E-state index contributed by atoms with van der Waals surface area (Å²) < 4.78 is 102. The van der Waals surface area contributed by atoms with E-state index in [-0.39, 0.29) is 0 Å². The van der Waals surface area contributed by atoms with E-state index >= 15 is 0 Å². The number of halogens is 8. The lowest BCUT2D eigenvalue weighted by Gasteiger charge is -2.23. The molecule has 0 aliphatic rings. The third-order valence-corrected chi connectivity index (χ3v) is 4.99. The van der Waals surface area contributed by atoms with Crippen LogP contribution in [0.1, 0.15) is 30.5 Å². The van der Waals surface area contributed by atoms with Crippen molar-refractivity contribution in [1.82, 2.24) is 0 Å². The number of benzene rings is 2. The van der Waals surface area contributed by atoms with E-state index in [4.69, 9.17) is 16.3 Å². The molecule has 1 N–H and O–H groups in total. The van der Waals surface area contributed by atoms with Gasteiger partial charge in [-0.05, 0) is 19.8 Å². The zero-order valence-electron chi connectivity index (χ0n) is 16.7. The summed E-state index contributed by atoms with van der Waals surface area (Å²) in [5, 5.41) is 1.40. The molecule has 0 bridgehead atoms. The molecule has 0 aliphatic heterocycles. The average Bonchev–Trinajstić information content (AvgIpc) is 2.73. The number of ether oxygens (including phenoxy) is 1. The molecule has 0 fully saturated rings. The Kier molecular flexibility index (Phi) is 7.46. The van der Waals surface area contributed by atoms with E-state index in [9.17, 15) is 35.5 Å². The van der Waals surface area contributed by atoms with Gasteiger partial charge in [-0.25, -0.2) is 35.5 Å². The first-order chi connectivity index (χ1) is 14.3. The van der Waals surface area contributed by atoms with Crippen molar-refractivity contribution < 1.29 is 40.3 Å². The van der Waals surface area contributed by atoms with Gasteiger partial charge in [-0.15, -0.1) is 0 Å². The van der Waals surface area contributed by atoms with Crippen molar-refractivity contribution in [2.45, 2.75) is 40.3 Å². The molecule has 3 nitrogen and oxygen atoms in total. The minimum Gasteiger partial charge on any atom is -0.459 e. The quantitative estimate of drug-likeness (QED) is 0.314. The summed E-state index contributed by atoms with van der Waals surface area (Å²) in [6.07, 6.45) is 0. The maximum atomic E-state index is 14.3. The van der Waals surface area contributed by atoms with Gasteiger partial charge >= 0.3 is 5.97 Å². The van der Waals surface area contributed by atoms with Crippen LogP contribution in [0.15, 0.2) is 0 Å². The minimum atomic E-state index is -1.74. The molecule has 1 atom stereocenters. The molecule has 170 valence electrons. The number of carbonyl (C=O) groups excluding carboxylic acids is 1. The normalized spacial score (nSPS) is 12.3. The Morgan fingerprint density at radius 1 is 0.839 bits per heavy atom. The van der Waals surface area contributed by atoms with Crippen molar-refractivity contribution in [3.05, 3.63) is 62.4 Å². The van der Waals surface area contributed by atoms with Crippen LogP contribution in [-0.2, 0) is 16.1 Å². The third-order valence-electron chi connectivity index (χ3n) is 4.64. The van der Waals surface area contributed by atoms with Crippen LogP contribution < -0.4 is 5.32 Å². The highest BCUT2D eigenvalue weighted by Gasteiger charge is 2.30. The van der Waals surface area contributed by atoms with Crippen molar-refractivity contribution >= 4 is 23.3 Å². The Morgan fingerprint density at radius 3 is 1.77 bits per heavy atom. The van der Waals surface area contributed by atoms with Crippen LogP contribution in [0.25, 0.3) is 0 Å². The van der Waals surface area contributed by atoms with Gasteiger partial charge in [-0.2, -0.15) is 0 Å². The molecule has 31 heavy (non-hydrogen) atoms. The molecule has 0 amide bonds. The highest BCUT2D eigenvalue weighted by Crippen LogP contribution is 2.34. The van der Waals surface area contributed by atoms with E-state index in [1.165, 1.54) is 13.8 Å². The van der Waals surface area contributed by atoms with E-state index in [1.54, 1.807) is 0 Å². The number of nitrogens with one attached hydrogen (secondary N) is 1. The van der Waals surface area contributed by atoms with Gasteiger partial charge in [0.05, 0.1) is 11.3 Å². The van der Waals surface area contributed by atoms with Gasteiger partial charge in [-0.1, -0.05) is 25.4 Å². The molecular weight excluding hydrogens is 455 g/mol. The maximum Gasteiger partial charge on any atom is 0.329 e. The predicted octanol–water partition coefficient (Wildman–Crippen LogP) is 6.11. The summed E-state index contributed by atoms with van der Waals surface area (Å²) in [6.45, 7) is 3.47. The first-order valence-corrected chi connectivity index (χ1v) is 9.26. The number of anilines is 1. The van der Waals surface area contributed by atoms with Crippen molar-refractivity contribution in [1.29, 1.82) is 0 Å². The maximum absolute atomic E-state index is 14.3. The standard InChI is InChI=1S/C20H17ClF7NO2/c1-6(2)18(29-19-10(21)11(22)7(3)14(25)17(19)28)20(30)31-5-9-15(26)12(23)8(4)13(24)16(9)27/h6,18,29H,5H2,1-4H3. The molecule has 0 saturated heterocycles. The predicted molar refractivity (Wildman–Crippen MR) is 99.1 cm³/mol. The topological polar surface area (TPSA) is 38.3 Å². The van der Waals surface area contributed by atoms with Crippen LogP contribution in [0.2, 0.25) is 5.02 Å². The van der Waals surface area contributed by atoms with Gasteiger partial charge < -0.3 is 10.1 Å². The molecule has 2 aromatic carbocycles. The van der Waals surface area contributed by atoms with Crippen LogP contribution in [0.4, 0.5) is 36.4 Å². The van der Waals surface area contributed by atoms with Crippen LogP contribution in [-0.4, -0.2) is 12.0 Å². The lowest BCUT2D eigenvalue weighted by atomic mass is 10.0. The van der Waals surface area contributed by atoms with Crippen molar-refractivity contribution in [2.75, 3.05) is 5.32 Å². The lowest BCUT2D eigenvalue weighted by Crippen LogP contribution is -2.36. The van der Waals surface area contributed by atoms with E-state index in [0.717, 1.165) is 13.8 Å². The number of hydrogen-bond donors (Lipinski definition) is 1. The lowest BCUT2D eigenvalue weighted by molar-refractivity contribution is -0.147. The average molecular weight is 472 g/mol. The number of carbonyl (C=O) groups is 1. The van der Waals surface area contributed by atoms with Gasteiger partial charge in [-0.3, -0.25) is 0 Å². The zero-order valence-corrected chi connectivity index (χ0v) is 17.5. The van der Waals surface area contributed by atoms with E-state index in [1.807, 2.05) is 0 Å². The van der Waals surface area contributed by atoms with Crippen LogP contribution in [0.5, 0.6) is 0 Å². The molecule has 0 aliphatic carbocycles. The van der Waals surface area contributed by atoms with E-state index in [2.05, 4.69) is 5.32 Å². The first kappa shape index (κ1) is 24.8. The van der Waals surface area contributed by atoms with Crippen LogP contribution in [0.3, 0.4) is 0 Å². The summed E-state index contributed by atoms with van der Waals surface area (Å²) in [7, 11) is 0. The second-order valence-electron chi connectivity index (χ2n) is 7.09. The van der Waals surface area contributed by atoms with Gasteiger partial charge in [0, 0.05) is 11.1 Å². The van der Waals surface area contributed by atoms with Crippen LogP contribution in [0, 0.1) is 60.5 Å². The molecule has 2 rings (SSSR count). The SMILES string of the molecule is Cc1c(F)c(F)c(COC(=O)C(Nc2c(F)c(F)c(C)c(F)c2Cl)C(C)C)c(F)c1F. The summed E-state index contributed by atoms with van der Waals surface area (Å²) in [4.78, 5) is 12.4. The fraction of sp³-hybridized carbons (Fsp3) is 0.350.